The molecule has 15 heavy (non-hydrogen) atoms. The number of rotatable bonds is 4. The van der Waals surface area contributed by atoms with Crippen LogP contribution in [0.15, 0.2) is 11.7 Å². The van der Waals surface area contributed by atoms with Gasteiger partial charge in [0.05, 0.1) is 5.51 Å². The van der Waals surface area contributed by atoms with Gasteiger partial charge in [-0.1, -0.05) is 20.8 Å². The van der Waals surface area contributed by atoms with Gasteiger partial charge in [0.2, 0.25) is 5.91 Å². The van der Waals surface area contributed by atoms with Crippen LogP contribution in [0.2, 0.25) is 0 Å². The smallest absolute Gasteiger partial charge is 0.220 e. The molecular weight excluding hydrogens is 208 g/mol. The van der Waals surface area contributed by atoms with E-state index >= 15 is 0 Å². The molecule has 0 unspecified atom stereocenters. The maximum Gasteiger partial charge on any atom is 0.220 e. The van der Waals surface area contributed by atoms with Crippen molar-refractivity contribution in [3.63, 3.8) is 0 Å². The summed E-state index contributed by atoms with van der Waals surface area (Å²) in [7, 11) is 0. The number of thiazole rings is 1. The molecule has 0 radical (unpaired) electrons. The van der Waals surface area contributed by atoms with E-state index in [2.05, 4.69) is 31.1 Å². The molecule has 0 fully saturated rings. The maximum atomic E-state index is 11.5. The number of carbonyl (C=O) groups is 1. The van der Waals surface area contributed by atoms with Crippen molar-refractivity contribution in [3.8, 4) is 0 Å². The Morgan fingerprint density at radius 1 is 1.53 bits per heavy atom. The minimum atomic E-state index is 0.0641. The van der Waals surface area contributed by atoms with Crippen LogP contribution in [-0.2, 0) is 11.2 Å². The average Bonchev–Trinajstić information content (AvgIpc) is 2.53. The van der Waals surface area contributed by atoms with Crippen molar-refractivity contribution >= 4 is 17.2 Å². The Morgan fingerprint density at radius 2 is 2.27 bits per heavy atom. The van der Waals surface area contributed by atoms with Gasteiger partial charge in [-0.2, -0.15) is 0 Å². The van der Waals surface area contributed by atoms with Crippen LogP contribution in [0.3, 0.4) is 0 Å². The van der Waals surface area contributed by atoms with Crippen LogP contribution in [-0.4, -0.2) is 17.4 Å². The lowest BCUT2D eigenvalue weighted by molar-refractivity contribution is -0.122. The first-order valence-corrected chi connectivity index (χ1v) is 5.99. The number of hydrogen-bond donors (Lipinski definition) is 1. The second-order valence-electron chi connectivity index (χ2n) is 4.81. The first kappa shape index (κ1) is 12.2. The second-order valence-corrected chi connectivity index (χ2v) is 5.78. The van der Waals surface area contributed by atoms with E-state index in [0.717, 1.165) is 6.42 Å². The van der Waals surface area contributed by atoms with Crippen LogP contribution in [0.1, 0.15) is 32.1 Å². The normalized spacial score (nSPS) is 11.4. The van der Waals surface area contributed by atoms with Crippen LogP contribution in [0.4, 0.5) is 0 Å². The molecular formula is C11H18N2OS. The zero-order valence-corrected chi connectivity index (χ0v) is 10.4. The Morgan fingerprint density at radius 3 is 2.80 bits per heavy atom. The third-order valence-corrected chi connectivity index (χ3v) is 2.71. The van der Waals surface area contributed by atoms with E-state index in [0.29, 0.717) is 13.0 Å². The van der Waals surface area contributed by atoms with Gasteiger partial charge >= 0.3 is 0 Å². The van der Waals surface area contributed by atoms with Crippen molar-refractivity contribution < 1.29 is 4.79 Å². The molecule has 0 spiro atoms. The minimum absolute atomic E-state index is 0.0641. The third kappa shape index (κ3) is 5.52. The number of nitrogens with one attached hydrogen (secondary N) is 1. The monoisotopic (exact) mass is 226 g/mol. The van der Waals surface area contributed by atoms with Crippen LogP contribution >= 0.6 is 11.3 Å². The molecule has 1 rings (SSSR count). The Kier molecular flexibility index (Phi) is 4.27. The quantitative estimate of drug-likeness (QED) is 0.855. The summed E-state index contributed by atoms with van der Waals surface area (Å²) in [4.78, 5) is 16.7. The van der Waals surface area contributed by atoms with Crippen LogP contribution in [0, 0.1) is 5.41 Å². The summed E-state index contributed by atoms with van der Waals surface area (Å²) < 4.78 is 0. The van der Waals surface area contributed by atoms with Gasteiger partial charge in [-0.05, 0) is 5.41 Å². The highest BCUT2D eigenvalue weighted by molar-refractivity contribution is 7.09. The summed E-state index contributed by atoms with van der Waals surface area (Å²) in [6.45, 7) is 6.90. The van der Waals surface area contributed by atoms with E-state index < -0.39 is 0 Å². The molecule has 0 aromatic carbocycles. The van der Waals surface area contributed by atoms with Crippen molar-refractivity contribution in [2.75, 3.05) is 6.54 Å². The van der Waals surface area contributed by atoms with Crippen molar-refractivity contribution in [2.45, 2.75) is 33.6 Å². The molecule has 1 aromatic heterocycles. The molecule has 0 aliphatic rings. The molecule has 1 amide bonds. The molecule has 1 aromatic rings. The number of hydrogen-bond acceptors (Lipinski definition) is 3. The van der Waals surface area contributed by atoms with Gasteiger partial charge in [-0.15, -0.1) is 11.3 Å². The molecule has 84 valence electrons. The van der Waals surface area contributed by atoms with E-state index in [1.165, 1.54) is 4.88 Å². The Bertz CT molecular complexity index is 301. The van der Waals surface area contributed by atoms with Crippen molar-refractivity contribution in [3.05, 3.63) is 16.6 Å². The predicted molar refractivity (Wildman–Crippen MR) is 62.9 cm³/mol. The van der Waals surface area contributed by atoms with Gasteiger partial charge < -0.3 is 5.32 Å². The van der Waals surface area contributed by atoms with E-state index in [-0.39, 0.29) is 11.3 Å². The van der Waals surface area contributed by atoms with E-state index in [1.807, 2.05) is 11.7 Å². The molecule has 0 aliphatic heterocycles. The summed E-state index contributed by atoms with van der Waals surface area (Å²) in [6.07, 6.45) is 3.30. The third-order valence-electron chi connectivity index (χ3n) is 1.87. The second kappa shape index (κ2) is 5.26. The minimum Gasteiger partial charge on any atom is -0.356 e. The zero-order chi connectivity index (χ0) is 11.3. The molecule has 1 heterocycles. The standard InChI is InChI=1S/C11H18N2OS/c1-11(2,3)6-10(14)13-5-4-9-7-12-8-15-9/h7-8H,4-6H2,1-3H3,(H,13,14). The first-order chi connectivity index (χ1) is 6.97. The summed E-state index contributed by atoms with van der Waals surface area (Å²) >= 11 is 1.63. The largest absolute Gasteiger partial charge is 0.356 e. The fourth-order valence-corrected chi connectivity index (χ4v) is 1.83. The van der Waals surface area contributed by atoms with E-state index in [4.69, 9.17) is 0 Å². The fourth-order valence-electron chi connectivity index (χ4n) is 1.23. The van der Waals surface area contributed by atoms with Crippen LogP contribution < -0.4 is 5.32 Å². The molecule has 3 nitrogen and oxygen atoms in total. The number of aromatic nitrogens is 1. The van der Waals surface area contributed by atoms with Crippen LogP contribution in [0.5, 0.6) is 0 Å². The number of carbonyl (C=O) groups excluding carboxylic acids is 1. The van der Waals surface area contributed by atoms with Gasteiger partial charge in [-0.25, -0.2) is 0 Å². The molecule has 0 bridgehead atoms. The topological polar surface area (TPSA) is 42.0 Å². The lowest BCUT2D eigenvalue weighted by atomic mass is 9.92. The van der Waals surface area contributed by atoms with Crippen molar-refractivity contribution in [1.29, 1.82) is 0 Å². The van der Waals surface area contributed by atoms with Crippen molar-refractivity contribution in [2.24, 2.45) is 5.41 Å². The van der Waals surface area contributed by atoms with Gasteiger partial charge in [0.25, 0.3) is 0 Å². The average molecular weight is 226 g/mol. The molecule has 0 saturated carbocycles. The highest BCUT2D eigenvalue weighted by Gasteiger charge is 2.15. The molecule has 0 aliphatic carbocycles. The van der Waals surface area contributed by atoms with Crippen molar-refractivity contribution in [1.82, 2.24) is 10.3 Å². The van der Waals surface area contributed by atoms with Gasteiger partial charge in [0.1, 0.15) is 0 Å². The molecule has 1 N–H and O–H groups in total. The molecule has 4 heteroatoms. The highest BCUT2D eigenvalue weighted by atomic mass is 32.1. The van der Waals surface area contributed by atoms with Gasteiger partial charge in [0.15, 0.2) is 0 Å². The number of nitrogens with zero attached hydrogens (tertiary/aromatic N) is 1. The summed E-state index contributed by atoms with van der Waals surface area (Å²) in [6, 6.07) is 0. The lowest BCUT2D eigenvalue weighted by Crippen LogP contribution is -2.29. The summed E-state index contributed by atoms with van der Waals surface area (Å²) in [5, 5.41) is 2.92. The predicted octanol–water partition coefficient (Wildman–Crippen LogP) is 2.24. The Balaban J connectivity index is 2.18. The summed E-state index contributed by atoms with van der Waals surface area (Å²) in [5.74, 6) is 0.131. The lowest BCUT2D eigenvalue weighted by Gasteiger charge is -2.17. The molecule has 0 saturated heterocycles. The number of amides is 1. The van der Waals surface area contributed by atoms with Gasteiger partial charge in [0, 0.05) is 30.5 Å². The maximum absolute atomic E-state index is 11.5. The van der Waals surface area contributed by atoms with Gasteiger partial charge in [-0.3, -0.25) is 9.78 Å². The fraction of sp³-hybridized carbons (Fsp3) is 0.636. The Hall–Kier alpha value is -0.900. The highest BCUT2D eigenvalue weighted by Crippen LogP contribution is 2.17. The van der Waals surface area contributed by atoms with E-state index in [9.17, 15) is 4.79 Å². The first-order valence-electron chi connectivity index (χ1n) is 5.11. The summed E-state index contributed by atoms with van der Waals surface area (Å²) in [5.41, 5.74) is 1.88. The van der Waals surface area contributed by atoms with E-state index in [1.54, 1.807) is 11.3 Å². The molecule has 0 atom stereocenters. The zero-order valence-electron chi connectivity index (χ0n) is 9.54. The van der Waals surface area contributed by atoms with Crippen LogP contribution in [0.25, 0.3) is 0 Å². The Labute approximate surface area is 94.9 Å². The SMILES string of the molecule is CC(C)(C)CC(=O)NCCc1cncs1.